The molecular weight excluding hydrogens is 276 g/mol. The van der Waals surface area contributed by atoms with Crippen molar-refractivity contribution in [3.8, 4) is 0 Å². The van der Waals surface area contributed by atoms with Gasteiger partial charge in [0.2, 0.25) is 5.91 Å². The van der Waals surface area contributed by atoms with Crippen LogP contribution < -0.4 is 5.32 Å². The minimum atomic E-state index is -0.0906. The van der Waals surface area contributed by atoms with Gasteiger partial charge in [-0.25, -0.2) is 0 Å². The maximum atomic E-state index is 12.3. The van der Waals surface area contributed by atoms with Crippen molar-refractivity contribution in [2.24, 2.45) is 0 Å². The van der Waals surface area contributed by atoms with Gasteiger partial charge in [0.1, 0.15) is 5.69 Å². The van der Waals surface area contributed by atoms with Crippen LogP contribution in [0.5, 0.6) is 0 Å². The predicted molar refractivity (Wildman–Crippen MR) is 86.9 cm³/mol. The van der Waals surface area contributed by atoms with Crippen LogP contribution in [0.3, 0.4) is 0 Å². The van der Waals surface area contributed by atoms with Crippen LogP contribution in [-0.4, -0.2) is 11.1 Å². The fourth-order valence-corrected chi connectivity index (χ4v) is 2.53. The van der Waals surface area contributed by atoms with Gasteiger partial charge in [-0.1, -0.05) is 49.3 Å². The van der Waals surface area contributed by atoms with Gasteiger partial charge in [-0.2, -0.15) is 0 Å². The third-order valence-corrected chi connectivity index (χ3v) is 3.64. The number of benzene rings is 2. The summed E-state index contributed by atoms with van der Waals surface area (Å²) in [5.74, 6) is 0.261. The van der Waals surface area contributed by atoms with Gasteiger partial charge in [0.15, 0.2) is 5.58 Å². The van der Waals surface area contributed by atoms with Crippen LogP contribution in [0.4, 0.5) is 5.69 Å². The second-order valence-corrected chi connectivity index (χ2v) is 5.59. The molecule has 0 aliphatic heterocycles. The molecule has 1 aromatic heterocycles. The van der Waals surface area contributed by atoms with Gasteiger partial charge in [0.05, 0.1) is 6.42 Å². The number of carbonyl (C=O) groups excluding carboxylic acids is 1. The maximum Gasteiger partial charge on any atom is 0.230 e. The highest BCUT2D eigenvalue weighted by molar-refractivity contribution is 5.95. The fourth-order valence-electron chi connectivity index (χ4n) is 2.53. The first kappa shape index (κ1) is 14.3. The van der Waals surface area contributed by atoms with E-state index < -0.39 is 0 Å². The topological polar surface area (TPSA) is 55.1 Å². The van der Waals surface area contributed by atoms with Gasteiger partial charge in [0.25, 0.3) is 0 Å². The van der Waals surface area contributed by atoms with E-state index in [1.807, 2.05) is 48.5 Å². The molecule has 1 N–H and O–H groups in total. The molecule has 3 aromatic rings. The summed E-state index contributed by atoms with van der Waals surface area (Å²) in [6.07, 6.45) is 0.198. The molecule has 3 rings (SSSR count). The van der Waals surface area contributed by atoms with Crippen LogP contribution in [0.2, 0.25) is 0 Å². The Morgan fingerprint density at radius 1 is 1.14 bits per heavy atom. The second-order valence-electron chi connectivity index (χ2n) is 5.59. The highest BCUT2D eigenvalue weighted by Gasteiger charge is 2.14. The minimum Gasteiger partial charge on any atom is -0.356 e. The van der Waals surface area contributed by atoms with Crippen LogP contribution >= 0.6 is 0 Å². The van der Waals surface area contributed by atoms with Gasteiger partial charge in [0, 0.05) is 11.1 Å². The number of hydrogen-bond acceptors (Lipinski definition) is 3. The molecule has 112 valence electrons. The van der Waals surface area contributed by atoms with Crippen LogP contribution in [-0.2, 0) is 11.2 Å². The van der Waals surface area contributed by atoms with Gasteiger partial charge in [-0.15, -0.1) is 0 Å². The predicted octanol–water partition coefficient (Wildman–Crippen LogP) is 4.13. The Bertz CT molecular complexity index is 805. The molecule has 4 nitrogen and oxygen atoms in total. The van der Waals surface area contributed by atoms with E-state index >= 15 is 0 Å². The Kier molecular flexibility index (Phi) is 3.92. The van der Waals surface area contributed by atoms with Crippen molar-refractivity contribution in [2.45, 2.75) is 26.2 Å². The van der Waals surface area contributed by atoms with E-state index in [1.54, 1.807) is 0 Å². The van der Waals surface area contributed by atoms with Crippen LogP contribution in [0.1, 0.15) is 31.0 Å². The first-order valence-electron chi connectivity index (χ1n) is 7.37. The van der Waals surface area contributed by atoms with Gasteiger partial charge >= 0.3 is 0 Å². The number of anilines is 1. The average molecular weight is 294 g/mol. The molecule has 0 unspecified atom stereocenters. The third-order valence-electron chi connectivity index (χ3n) is 3.64. The molecule has 1 amide bonds. The summed E-state index contributed by atoms with van der Waals surface area (Å²) in [6, 6.07) is 15.4. The number of hydrogen-bond donors (Lipinski definition) is 1. The van der Waals surface area contributed by atoms with Crippen molar-refractivity contribution < 1.29 is 9.32 Å². The van der Waals surface area contributed by atoms with Crippen molar-refractivity contribution in [3.63, 3.8) is 0 Å². The van der Waals surface area contributed by atoms with E-state index in [9.17, 15) is 4.79 Å². The van der Waals surface area contributed by atoms with Crippen LogP contribution in [0, 0.1) is 0 Å². The zero-order valence-electron chi connectivity index (χ0n) is 12.7. The van der Waals surface area contributed by atoms with Gasteiger partial charge in [-0.3, -0.25) is 4.79 Å². The first-order chi connectivity index (χ1) is 10.6. The quantitative estimate of drug-likeness (QED) is 0.787. The number of amides is 1. The first-order valence-corrected chi connectivity index (χ1v) is 7.37. The van der Waals surface area contributed by atoms with E-state index in [1.165, 1.54) is 0 Å². The molecule has 0 bridgehead atoms. The van der Waals surface area contributed by atoms with E-state index in [0.29, 0.717) is 17.2 Å². The molecule has 2 aromatic carbocycles. The SMILES string of the molecule is CC(C)c1ccccc1NC(=O)Cc1noc2ccccc12. The number of carbonyl (C=O) groups is 1. The number of nitrogens with zero attached hydrogens (tertiary/aromatic N) is 1. The molecular formula is C18H18N2O2. The summed E-state index contributed by atoms with van der Waals surface area (Å²) in [6.45, 7) is 4.21. The summed E-state index contributed by atoms with van der Waals surface area (Å²) < 4.78 is 5.23. The molecule has 0 saturated heterocycles. The van der Waals surface area contributed by atoms with E-state index in [0.717, 1.165) is 16.6 Å². The Balaban J connectivity index is 1.79. The monoisotopic (exact) mass is 294 g/mol. The van der Waals surface area contributed by atoms with Crippen LogP contribution in [0.15, 0.2) is 53.1 Å². The van der Waals surface area contributed by atoms with Crippen molar-refractivity contribution >= 4 is 22.6 Å². The summed E-state index contributed by atoms with van der Waals surface area (Å²) in [7, 11) is 0. The largest absolute Gasteiger partial charge is 0.356 e. The van der Waals surface area contributed by atoms with Crippen molar-refractivity contribution in [1.82, 2.24) is 5.16 Å². The Morgan fingerprint density at radius 2 is 1.86 bits per heavy atom. The minimum absolute atomic E-state index is 0.0906. The van der Waals surface area contributed by atoms with E-state index in [-0.39, 0.29) is 12.3 Å². The molecule has 0 aliphatic carbocycles. The van der Waals surface area contributed by atoms with Gasteiger partial charge < -0.3 is 9.84 Å². The Hall–Kier alpha value is -2.62. The smallest absolute Gasteiger partial charge is 0.230 e. The third kappa shape index (κ3) is 2.86. The molecule has 4 heteroatoms. The summed E-state index contributed by atoms with van der Waals surface area (Å²) in [5, 5.41) is 7.86. The van der Waals surface area contributed by atoms with Crippen molar-refractivity contribution in [3.05, 3.63) is 59.8 Å². The molecule has 1 heterocycles. The zero-order chi connectivity index (χ0) is 15.5. The summed E-state index contributed by atoms with van der Waals surface area (Å²) in [4.78, 5) is 12.3. The maximum absolute atomic E-state index is 12.3. The number of nitrogens with one attached hydrogen (secondary N) is 1. The summed E-state index contributed by atoms with van der Waals surface area (Å²) >= 11 is 0. The molecule has 0 radical (unpaired) electrons. The van der Waals surface area contributed by atoms with E-state index in [2.05, 4.69) is 24.3 Å². The Morgan fingerprint density at radius 3 is 2.68 bits per heavy atom. The fraction of sp³-hybridized carbons (Fsp3) is 0.222. The molecule has 22 heavy (non-hydrogen) atoms. The van der Waals surface area contributed by atoms with Crippen molar-refractivity contribution in [1.29, 1.82) is 0 Å². The number of aromatic nitrogens is 1. The number of rotatable bonds is 4. The molecule has 0 saturated carbocycles. The zero-order valence-corrected chi connectivity index (χ0v) is 12.7. The highest BCUT2D eigenvalue weighted by Crippen LogP contribution is 2.24. The van der Waals surface area contributed by atoms with E-state index in [4.69, 9.17) is 4.52 Å². The molecule has 0 spiro atoms. The lowest BCUT2D eigenvalue weighted by atomic mass is 10.0. The second kappa shape index (κ2) is 6.02. The number of para-hydroxylation sites is 2. The lowest BCUT2D eigenvalue weighted by Crippen LogP contribution is -2.16. The standard InChI is InChI=1S/C18H18N2O2/c1-12(2)13-7-3-5-9-15(13)19-18(21)11-16-14-8-4-6-10-17(14)22-20-16/h3-10,12H,11H2,1-2H3,(H,19,21). The summed E-state index contributed by atoms with van der Waals surface area (Å²) in [5.41, 5.74) is 3.35. The Labute approximate surface area is 129 Å². The average Bonchev–Trinajstić information content (AvgIpc) is 2.91. The molecule has 0 fully saturated rings. The highest BCUT2D eigenvalue weighted by atomic mass is 16.5. The molecule has 0 aliphatic rings. The van der Waals surface area contributed by atoms with Crippen molar-refractivity contribution in [2.75, 3.05) is 5.32 Å². The van der Waals surface area contributed by atoms with Gasteiger partial charge in [-0.05, 0) is 29.7 Å². The normalized spacial score (nSPS) is 11.0. The lowest BCUT2D eigenvalue weighted by Gasteiger charge is -2.13. The number of fused-ring (bicyclic) bond motifs is 1. The lowest BCUT2D eigenvalue weighted by molar-refractivity contribution is -0.115. The molecule has 0 atom stereocenters. The van der Waals surface area contributed by atoms with Crippen LogP contribution in [0.25, 0.3) is 11.0 Å².